The number of hydrogen-bond donors (Lipinski definition) is 0. The third-order valence-corrected chi connectivity index (χ3v) is 5.99. The lowest BCUT2D eigenvalue weighted by Crippen LogP contribution is -2.10. The molecule has 1 aliphatic rings. The highest BCUT2D eigenvalue weighted by atomic mass is 32.2. The molecule has 0 aromatic heterocycles. The van der Waals surface area contributed by atoms with Crippen LogP contribution < -0.4 is 0 Å². The summed E-state index contributed by atoms with van der Waals surface area (Å²) in [5.41, 5.74) is 0. The minimum atomic E-state index is -3.35. The van der Waals surface area contributed by atoms with Crippen LogP contribution in [-0.4, -0.2) is 8.42 Å². The first-order valence-corrected chi connectivity index (χ1v) is 9.07. The molecule has 1 aliphatic carbocycles. The Morgan fingerprint density at radius 3 is 2.15 bits per heavy atom. The molecule has 3 heteroatoms. The zero-order chi connectivity index (χ0) is 14.4. The van der Waals surface area contributed by atoms with E-state index in [0.29, 0.717) is 22.1 Å². The highest BCUT2D eigenvalue weighted by Gasteiger charge is 2.22. The lowest BCUT2D eigenvalue weighted by molar-refractivity contribution is 0.379. The minimum absolute atomic E-state index is 0.371. The maximum Gasteiger partial charge on any atom is 0.202 e. The van der Waals surface area contributed by atoms with Gasteiger partial charge in [-0.25, -0.2) is 8.42 Å². The molecule has 0 radical (unpaired) electrons. The summed E-state index contributed by atoms with van der Waals surface area (Å²) in [5.74, 6) is 0.487. The number of allylic oxidation sites excluding steroid dienone is 1. The quantitative estimate of drug-likeness (QED) is 0.804. The van der Waals surface area contributed by atoms with Crippen LogP contribution in [0.4, 0.5) is 0 Å². The Kier molecular flexibility index (Phi) is 5.41. The highest BCUT2D eigenvalue weighted by Crippen LogP contribution is 2.30. The van der Waals surface area contributed by atoms with Gasteiger partial charge in [-0.15, -0.1) is 0 Å². The van der Waals surface area contributed by atoms with Crippen molar-refractivity contribution in [2.75, 3.05) is 0 Å². The van der Waals surface area contributed by atoms with Crippen molar-refractivity contribution in [1.82, 2.24) is 0 Å². The van der Waals surface area contributed by atoms with E-state index in [0.717, 1.165) is 12.8 Å². The van der Waals surface area contributed by atoms with Crippen LogP contribution in [0.25, 0.3) is 0 Å². The molecule has 1 saturated carbocycles. The van der Waals surface area contributed by atoms with E-state index in [1.807, 2.05) is 6.07 Å². The molecule has 20 heavy (non-hydrogen) atoms. The van der Waals surface area contributed by atoms with E-state index in [1.54, 1.807) is 24.3 Å². The van der Waals surface area contributed by atoms with Gasteiger partial charge in [0.25, 0.3) is 0 Å². The Morgan fingerprint density at radius 2 is 1.55 bits per heavy atom. The summed E-state index contributed by atoms with van der Waals surface area (Å²) in [5, 5.41) is 0. The number of rotatable bonds is 4. The SMILES string of the molecule is C=C(CC1CCCCCCC1)S(=O)(=O)c1ccccc1. The molecule has 2 nitrogen and oxygen atoms in total. The van der Waals surface area contributed by atoms with Gasteiger partial charge in [0.2, 0.25) is 9.84 Å². The monoisotopic (exact) mass is 292 g/mol. The first kappa shape index (κ1) is 15.3. The molecule has 1 aromatic rings. The van der Waals surface area contributed by atoms with E-state index < -0.39 is 9.84 Å². The fourth-order valence-electron chi connectivity index (χ4n) is 2.94. The Hall–Kier alpha value is -1.09. The van der Waals surface area contributed by atoms with Gasteiger partial charge in [0.1, 0.15) is 0 Å². The highest BCUT2D eigenvalue weighted by molar-refractivity contribution is 7.95. The number of sulfone groups is 1. The van der Waals surface area contributed by atoms with E-state index in [-0.39, 0.29) is 0 Å². The van der Waals surface area contributed by atoms with Gasteiger partial charge in [0, 0.05) is 4.91 Å². The average molecular weight is 292 g/mol. The van der Waals surface area contributed by atoms with Crippen LogP contribution in [0.2, 0.25) is 0 Å². The van der Waals surface area contributed by atoms with Crippen LogP contribution in [0.1, 0.15) is 51.4 Å². The van der Waals surface area contributed by atoms with Crippen molar-refractivity contribution in [3.8, 4) is 0 Å². The van der Waals surface area contributed by atoms with Crippen molar-refractivity contribution in [1.29, 1.82) is 0 Å². The minimum Gasteiger partial charge on any atom is -0.219 e. The summed E-state index contributed by atoms with van der Waals surface area (Å²) in [6.45, 7) is 3.86. The maximum atomic E-state index is 12.5. The second-order valence-electron chi connectivity index (χ2n) is 5.77. The van der Waals surface area contributed by atoms with Crippen LogP contribution in [0.15, 0.2) is 46.7 Å². The van der Waals surface area contributed by atoms with Crippen molar-refractivity contribution in [3.63, 3.8) is 0 Å². The molecule has 1 aromatic carbocycles. The summed E-state index contributed by atoms with van der Waals surface area (Å²) in [4.78, 5) is 0.755. The van der Waals surface area contributed by atoms with Crippen LogP contribution in [-0.2, 0) is 9.84 Å². The van der Waals surface area contributed by atoms with Crippen molar-refractivity contribution >= 4 is 9.84 Å². The molecule has 110 valence electrons. The fraction of sp³-hybridized carbons (Fsp3) is 0.529. The predicted molar refractivity (Wildman–Crippen MR) is 83.2 cm³/mol. The standard InChI is InChI=1S/C17H24O2S/c1-15(14-16-10-6-3-2-4-7-11-16)20(18,19)17-12-8-5-9-13-17/h5,8-9,12-13,16H,1-4,6-7,10-11,14H2. The molecule has 0 atom stereocenters. The molecule has 0 unspecified atom stereocenters. The topological polar surface area (TPSA) is 34.1 Å². The van der Waals surface area contributed by atoms with Gasteiger partial charge in [-0.2, -0.15) is 0 Å². The van der Waals surface area contributed by atoms with Crippen LogP contribution in [0.3, 0.4) is 0 Å². The van der Waals surface area contributed by atoms with Crippen LogP contribution in [0, 0.1) is 5.92 Å². The van der Waals surface area contributed by atoms with Gasteiger partial charge in [-0.1, -0.05) is 69.7 Å². The molecule has 1 fully saturated rings. The Labute approximate surface area is 122 Å². The largest absolute Gasteiger partial charge is 0.219 e. The first-order valence-electron chi connectivity index (χ1n) is 7.58. The molecule has 0 heterocycles. The van der Waals surface area contributed by atoms with Gasteiger partial charge in [0.15, 0.2) is 0 Å². The predicted octanol–water partition coefficient (Wildman–Crippen LogP) is 4.72. The van der Waals surface area contributed by atoms with E-state index in [4.69, 9.17) is 0 Å². The number of hydrogen-bond acceptors (Lipinski definition) is 2. The van der Waals surface area contributed by atoms with E-state index in [2.05, 4.69) is 6.58 Å². The first-order chi connectivity index (χ1) is 9.60. The molecular formula is C17H24O2S. The summed E-state index contributed by atoms with van der Waals surface area (Å²) in [6, 6.07) is 8.65. The van der Waals surface area contributed by atoms with Gasteiger partial charge < -0.3 is 0 Å². The number of benzene rings is 1. The molecule has 2 rings (SSSR count). The van der Waals surface area contributed by atoms with Crippen molar-refractivity contribution in [2.45, 2.75) is 56.3 Å². The third kappa shape index (κ3) is 3.95. The van der Waals surface area contributed by atoms with E-state index in [9.17, 15) is 8.42 Å². The molecular weight excluding hydrogens is 268 g/mol. The van der Waals surface area contributed by atoms with Crippen LogP contribution >= 0.6 is 0 Å². The Morgan fingerprint density at radius 1 is 1.00 bits per heavy atom. The van der Waals surface area contributed by atoms with E-state index >= 15 is 0 Å². The Bertz CT molecular complexity index is 523. The van der Waals surface area contributed by atoms with Gasteiger partial charge in [-0.05, 0) is 24.5 Å². The van der Waals surface area contributed by atoms with Gasteiger partial charge in [-0.3, -0.25) is 0 Å². The van der Waals surface area contributed by atoms with Crippen LogP contribution in [0.5, 0.6) is 0 Å². The zero-order valence-corrected chi connectivity index (χ0v) is 12.9. The fourth-order valence-corrected chi connectivity index (χ4v) is 4.25. The molecule has 0 amide bonds. The van der Waals surface area contributed by atoms with E-state index in [1.165, 1.54) is 32.1 Å². The normalized spacial score (nSPS) is 18.2. The van der Waals surface area contributed by atoms with Crippen molar-refractivity contribution in [3.05, 3.63) is 41.8 Å². The molecule has 0 bridgehead atoms. The smallest absolute Gasteiger partial charge is 0.202 e. The molecule has 0 saturated heterocycles. The average Bonchev–Trinajstić information content (AvgIpc) is 2.42. The van der Waals surface area contributed by atoms with Crippen molar-refractivity contribution < 1.29 is 8.42 Å². The summed E-state index contributed by atoms with van der Waals surface area (Å²) in [7, 11) is -3.35. The molecule has 0 spiro atoms. The van der Waals surface area contributed by atoms with Gasteiger partial charge >= 0.3 is 0 Å². The van der Waals surface area contributed by atoms with Crippen molar-refractivity contribution in [2.24, 2.45) is 5.92 Å². The zero-order valence-electron chi connectivity index (χ0n) is 12.1. The third-order valence-electron chi connectivity index (χ3n) is 4.17. The summed E-state index contributed by atoms with van der Waals surface area (Å²) < 4.78 is 24.9. The Balaban J connectivity index is 2.03. The molecule has 0 N–H and O–H groups in total. The van der Waals surface area contributed by atoms with Gasteiger partial charge in [0.05, 0.1) is 4.90 Å². The second kappa shape index (κ2) is 7.07. The second-order valence-corrected chi connectivity index (χ2v) is 7.83. The lowest BCUT2D eigenvalue weighted by Gasteiger charge is -2.20. The molecule has 0 aliphatic heterocycles. The maximum absolute atomic E-state index is 12.5. The lowest BCUT2D eigenvalue weighted by atomic mass is 9.89. The summed E-state index contributed by atoms with van der Waals surface area (Å²) in [6.07, 6.45) is 9.26. The summed E-state index contributed by atoms with van der Waals surface area (Å²) >= 11 is 0.